The number of aromatic nitrogens is 2. The van der Waals surface area contributed by atoms with Crippen molar-refractivity contribution in [3.63, 3.8) is 0 Å². The molecule has 1 fully saturated rings. The van der Waals surface area contributed by atoms with Crippen LogP contribution in [0.4, 0.5) is 14.6 Å². The van der Waals surface area contributed by atoms with Crippen LogP contribution in [0, 0.1) is 11.6 Å². The maximum absolute atomic E-state index is 13.4. The van der Waals surface area contributed by atoms with Gasteiger partial charge in [-0.05, 0) is 31.0 Å². The van der Waals surface area contributed by atoms with Crippen LogP contribution in [0.25, 0.3) is 0 Å². The number of nitrogens with one attached hydrogen (secondary N) is 1. The molecule has 122 valence electrons. The van der Waals surface area contributed by atoms with Gasteiger partial charge in [-0.25, -0.2) is 8.78 Å². The monoisotopic (exact) mass is 321 g/mol. The lowest BCUT2D eigenvalue weighted by Gasteiger charge is -2.21. The maximum atomic E-state index is 13.4. The summed E-state index contributed by atoms with van der Waals surface area (Å²) in [4.78, 5) is 8.37. The minimum Gasteiger partial charge on any atom is -0.477 e. The number of halogens is 2. The molecular formula is C16H17F2N3O2. The topological polar surface area (TPSA) is 56.3 Å². The molecule has 0 amide bonds. The van der Waals surface area contributed by atoms with E-state index in [1.54, 1.807) is 6.20 Å². The Morgan fingerprint density at radius 3 is 2.96 bits per heavy atom. The molecule has 2 unspecified atom stereocenters. The van der Waals surface area contributed by atoms with Crippen molar-refractivity contribution in [2.24, 2.45) is 0 Å². The Kier molecular flexibility index (Phi) is 4.66. The van der Waals surface area contributed by atoms with Crippen molar-refractivity contribution in [3.8, 4) is 5.88 Å². The van der Waals surface area contributed by atoms with Gasteiger partial charge in [0, 0.05) is 6.61 Å². The van der Waals surface area contributed by atoms with Crippen molar-refractivity contribution in [1.29, 1.82) is 0 Å². The van der Waals surface area contributed by atoms with Crippen molar-refractivity contribution in [2.75, 3.05) is 18.5 Å². The molecule has 0 radical (unpaired) electrons. The smallest absolute Gasteiger partial charge is 0.234 e. The Hall–Kier alpha value is -2.28. The number of nitrogens with zero attached hydrogens (tertiary/aromatic N) is 2. The van der Waals surface area contributed by atoms with Crippen LogP contribution in [0.2, 0.25) is 0 Å². The molecule has 7 heteroatoms. The molecule has 1 N–H and O–H groups in total. The van der Waals surface area contributed by atoms with Crippen molar-refractivity contribution >= 4 is 5.82 Å². The van der Waals surface area contributed by atoms with Crippen LogP contribution >= 0.6 is 0 Å². The number of hydrogen-bond donors (Lipinski definition) is 1. The van der Waals surface area contributed by atoms with Crippen molar-refractivity contribution in [1.82, 2.24) is 9.97 Å². The van der Waals surface area contributed by atoms with Crippen molar-refractivity contribution < 1.29 is 18.3 Å². The second-order valence-corrected chi connectivity index (χ2v) is 5.18. The molecule has 5 nitrogen and oxygen atoms in total. The minimum atomic E-state index is -0.880. The number of hydrogen-bond acceptors (Lipinski definition) is 5. The van der Waals surface area contributed by atoms with Gasteiger partial charge >= 0.3 is 0 Å². The summed E-state index contributed by atoms with van der Waals surface area (Å²) in [5.41, 5.74) is 0.591. The van der Waals surface area contributed by atoms with Gasteiger partial charge in [0.05, 0.1) is 25.0 Å². The van der Waals surface area contributed by atoms with E-state index >= 15 is 0 Å². The molecule has 1 aliphatic rings. The van der Waals surface area contributed by atoms with Gasteiger partial charge in [-0.1, -0.05) is 6.07 Å². The molecule has 0 spiro atoms. The molecule has 23 heavy (non-hydrogen) atoms. The fourth-order valence-electron chi connectivity index (χ4n) is 2.58. The molecular weight excluding hydrogens is 304 g/mol. The van der Waals surface area contributed by atoms with Crippen LogP contribution < -0.4 is 10.1 Å². The number of rotatable bonds is 5. The lowest BCUT2D eigenvalue weighted by Crippen LogP contribution is -2.24. The van der Waals surface area contributed by atoms with Gasteiger partial charge in [0.1, 0.15) is 11.9 Å². The van der Waals surface area contributed by atoms with Crippen LogP contribution in [0.3, 0.4) is 0 Å². The zero-order valence-corrected chi connectivity index (χ0v) is 12.6. The van der Waals surface area contributed by atoms with Crippen LogP contribution in [-0.4, -0.2) is 29.2 Å². The van der Waals surface area contributed by atoms with Gasteiger partial charge in [0.2, 0.25) is 5.88 Å². The highest BCUT2D eigenvalue weighted by atomic mass is 19.2. The number of anilines is 1. The third-order valence-corrected chi connectivity index (χ3v) is 3.60. The van der Waals surface area contributed by atoms with Gasteiger partial charge < -0.3 is 14.8 Å². The Labute approximate surface area is 132 Å². The molecule has 0 bridgehead atoms. The van der Waals surface area contributed by atoms with E-state index in [4.69, 9.17) is 9.47 Å². The zero-order chi connectivity index (χ0) is 16.2. The van der Waals surface area contributed by atoms with Gasteiger partial charge in [-0.2, -0.15) is 4.98 Å². The first-order valence-corrected chi connectivity index (χ1v) is 7.45. The fourth-order valence-corrected chi connectivity index (χ4v) is 2.58. The zero-order valence-electron chi connectivity index (χ0n) is 12.6. The Bertz CT molecular complexity index is 684. The summed E-state index contributed by atoms with van der Waals surface area (Å²) in [5.74, 6) is -0.763. The maximum Gasteiger partial charge on any atom is 0.234 e. The SMILES string of the molecule is CCOc1cncc(NC2CCOC2c2ccc(F)c(F)c2)n1. The van der Waals surface area contributed by atoms with E-state index in [9.17, 15) is 8.78 Å². The highest BCUT2D eigenvalue weighted by molar-refractivity contribution is 5.37. The summed E-state index contributed by atoms with van der Waals surface area (Å²) in [6, 6.07) is 3.71. The minimum absolute atomic E-state index is 0.106. The molecule has 1 aliphatic heterocycles. The standard InChI is InChI=1S/C16H17F2N3O2/c1-2-22-15-9-19-8-14(21-15)20-13-5-6-23-16(13)10-3-4-11(17)12(18)7-10/h3-4,7-9,13,16H,2,5-6H2,1H3,(H,20,21). The molecule has 1 aromatic carbocycles. The predicted octanol–water partition coefficient (Wildman–Crippen LogP) is 3.10. The first-order valence-electron chi connectivity index (χ1n) is 7.45. The first kappa shape index (κ1) is 15.6. The highest BCUT2D eigenvalue weighted by Crippen LogP contribution is 2.32. The molecule has 2 aromatic rings. The molecule has 2 heterocycles. The quantitative estimate of drug-likeness (QED) is 0.917. The highest BCUT2D eigenvalue weighted by Gasteiger charge is 2.30. The van der Waals surface area contributed by atoms with E-state index < -0.39 is 11.6 Å². The van der Waals surface area contributed by atoms with E-state index in [1.807, 2.05) is 6.92 Å². The largest absolute Gasteiger partial charge is 0.477 e. The lowest BCUT2D eigenvalue weighted by atomic mass is 10.0. The summed E-state index contributed by atoms with van der Waals surface area (Å²) in [6.07, 6.45) is 3.47. The fraction of sp³-hybridized carbons (Fsp3) is 0.375. The third kappa shape index (κ3) is 3.56. The molecule has 2 atom stereocenters. The summed E-state index contributed by atoms with van der Waals surface area (Å²) in [6.45, 7) is 2.90. The number of ether oxygens (including phenoxy) is 2. The van der Waals surface area contributed by atoms with Gasteiger partial charge in [-0.3, -0.25) is 4.98 Å². The van der Waals surface area contributed by atoms with Gasteiger partial charge in [0.15, 0.2) is 11.6 Å². The van der Waals surface area contributed by atoms with Crippen molar-refractivity contribution in [2.45, 2.75) is 25.5 Å². The van der Waals surface area contributed by atoms with Crippen LogP contribution in [-0.2, 0) is 4.74 Å². The molecule has 0 aliphatic carbocycles. The first-order chi connectivity index (χ1) is 11.2. The third-order valence-electron chi connectivity index (χ3n) is 3.60. The van der Waals surface area contributed by atoms with Gasteiger partial charge in [0.25, 0.3) is 0 Å². The number of benzene rings is 1. The summed E-state index contributed by atoms with van der Waals surface area (Å²) < 4.78 is 37.5. The molecule has 1 saturated heterocycles. The van der Waals surface area contributed by atoms with E-state index in [0.29, 0.717) is 30.5 Å². The van der Waals surface area contributed by atoms with E-state index in [1.165, 1.54) is 18.3 Å². The van der Waals surface area contributed by atoms with Crippen LogP contribution in [0.5, 0.6) is 5.88 Å². The normalized spacial score (nSPS) is 20.5. The summed E-state index contributed by atoms with van der Waals surface area (Å²) >= 11 is 0. The van der Waals surface area contributed by atoms with Crippen LogP contribution in [0.15, 0.2) is 30.6 Å². The van der Waals surface area contributed by atoms with Crippen molar-refractivity contribution in [3.05, 3.63) is 47.8 Å². The van der Waals surface area contributed by atoms with E-state index in [2.05, 4.69) is 15.3 Å². The van der Waals surface area contributed by atoms with Crippen LogP contribution in [0.1, 0.15) is 25.0 Å². The lowest BCUT2D eigenvalue weighted by molar-refractivity contribution is 0.107. The average molecular weight is 321 g/mol. The predicted molar refractivity (Wildman–Crippen MR) is 80.3 cm³/mol. The molecule has 1 aromatic heterocycles. The second kappa shape index (κ2) is 6.87. The molecule has 0 saturated carbocycles. The van der Waals surface area contributed by atoms with Gasteiger partial charge in [-0.15, -0.1) is 0 Å². The average Bonchev–Trinajstić information content (AvgIpc) is 2.99. The Balaban J connectivity index is 1.76. The molecule has 3 rings (SSSR count). The van der Waals surface area contributed by atoms with E-state index in [0.717, 1.165) is 12.5 Å². The summed E-state index contributed by atoms with van der Waals surface area (Å²) in [5, 5.41) is 3.23. The van der Waals surface area contributed by atoms with E-state index in [-0.39, 0.29) is 12.1 Å². The summed E-state index contributed by atoms with van der Waals surface area (Å²) in [7, 11) is 0. The second-order valence-electron chi connectivity index (χ2n) is 5.18. The Morgan fingerprint density at radius 1 is 1.30 bits per heavy atom. The Morgan fingerprint density at radius 2 is 2.17 bits per heavy atom.